The van der Waals surface area contributed by atoms with Crippen LogP contribution in [0.1, 0.15) is 6.92 Å². The van der Waals surface area contributed by atoms with Crippen LogP contribution in [0.25, 0.3) is 0 Å². The fourth-order valence-corrected chi connectivity index (χ4v) is 3.13. The van der Waals surface area contributed by atoms with E-state index in [0.717, 1.165) is 37.6 Å². The highest BCUT2D eigenvalue weighted by molar-refractivity contribution is 5.94. The van der Waals surface area contributed by atoms with Crippen molar-refractivity contribution in [2.75, 3.05) is 43.5 Å². The molecule has 1 saturated heterocycles. The van der Waals surface area contributed by atoms with E-state index in [2.05, 4.69) is 15.1 Å². The maximum absolute atomic E-state index is 13.1. The van der Waals surface area contributed by atoms with Gasteiger partial charge in [-0.15, -0.1) is 0 Å². The molecule has 0 radical (unpaired) electrons. The minimum atomic E-state index is -0.227. The Balaban J connectivity index is 1.54. The minimum absolute atomic E-state index is 0.0338. The van der Waals surface area contributed by atoms with Crippen molar-refractivity contribution >= 4 is 17.3 Å². The van der Waals surface area contributed by atoms with Gasteiger partial charge in [-0.05, 0) is 43.3 Å². The van der Waals surface area contributed by atoms with Gasteiger partial charge in [0, 0.05) is 43.6 Å². The number of rotatable bonds is 5. The SMILES string of the molecule is COc1cccc(NC(=O)C(C)N2CCN(c3ccc(F)cc3)CC2)c1. The molecule has 5 nitrogen and oxygen atoms in total. The Hall–Kier alpha value is -2.60. The van der Waals surface area contributed by atoms with Gasteiger partial charge < -0.3 is 15.0 Å². The Labute approximate surface area is 153 Å². The van der Waals surface area contributed by atoms with Gasteiger partial charge in [0.05, 0.1) is 13.2 Å². The monoisotopic (exact) mass is 357 g/mol. The highest BCUT2D eigenvalue weighted by Gasteiger charge is 2.25. The predicted molar refractivity (Wildman–Crippen MR) is 101 cm³/mol. The summed E-state index contributed by atoms with van der Waals surface area (Å²) < 4.78 is 18.2. The first-order valence-electron chi connectivity index (χ1n) is 8.76. The van der Waals surface area contributed by atoms with E-state index in [1.807, 2.05) is 25.1 Å². The van der Waals surface area contributed by atoms with Crippen LogP contribution in [-0.2, 0) is 4.79 Å². The zero-order valence-corrected chi connectivity index (χ0v) is 15.1. The maximum Gasteiger partial charge on any atom is 0.241 e. The van der Waals surface area contributed by atoms with Crippen LogP contribution in [0.2, 0.25) is 0 Å². The summed E-state index contributed by atoms with van der Waals surface area (Å²) in [7, 11) is 1.60. The molecule has 1 amide bonds. The van der Waals surface area contributed by atoms with Gasteiger partial charge in [0.25, 0.3) is 0 Å². The topological polar surface area (TPSA) is 44.8 Å². The third kappa shape index (κ3) is 4.32. The van der Waals surface area contributed by atoms with E-state index in [0.29, 0.717) is 5.75 Å². The summed E-state index contributed by atoms with van der Waals surface area (Å²) in [5, 5.41) is 2.95. The predicted octanol–water partition coefficient (Wildman–Crippen LogP) is 2.98. The highest BCUT2D eigenvalue weighted by Crippen LogP contribution is 2.19. The summed E-state index contributed by atoms with van der Waals surface area (Å²) >= 11 is 0. The number of amides is 1. The molecule has 0 bridgehead atoms. The van der Waals surface area contributed by atoms with E-state index in [9.17, 15) is 9.18 Å². The van der Waals surface area contributed by atoms with Gasteiger partial charge in [0.15, 0.2) is 0 Å². The standard InChI is InChI=1S/C20H24FN3O2/c1-15(20(25)22-17-4-3-5-19(14-17)26-2)23-10-12-24(13-11-23)18-8-6-16(21)7-9-18/h3-9,14-15H,10-13H2,1-2H3,(H,22,25). The van der Waals surface area contributed by atoms with E-state index < -0.39 is 0 Å². The molecule has 1 atom stereocenters. The maximum atomic E-state index is 13.1. The lowest BCUT2D eigenvalue weighted by molar-refractivity contribution is -0.120. The van der Waals surface area contributed by atoms with Gasteiger partial charge in [-0.1, -0.05) is 6.07 Å². The van der Waals surface area contributed by atoms with Crippen LogP contribution in [0.5, 0.6) is 5.75 Å². The van der Waals surface area contributed by atoms with Gasteiger partial charge in [0.1, 0.15) is 11.6 Å². The summed E-state index contributed by atoms with van der Waals surface area (Å²) in [4.78, 5) is 16.9. The molecule has 1 aliphatic heterocycles. The lowest BCUT2D eigenvalue weighted by atomic mass is 10.2. The summed E-state index contributed by atoms with van der Waals surface area (Å²) in [6, 6.07) is 13.7. The lowest BCUT2D eigenvalue weighted by Crippen LogP contribution is -2.52. The largest absolute Gasteiger partial charge is 0.497 e. The summed E-state index contributed by atoms with van der Waals surface area (Å²) in [6.45, 7) is 5.10. The number of nitrogens with zero attached hydrogens (tertiary/aromatic N) is 2. The van der Waals surface area contributed by atoms with Crippen LogP contribution in [0.4, 0.5) is 15.8 Å². The molecule has 1 unspecified atom stereocenters. The number of benzene rings is 2. The molecule has 1 fully saturated rings. The first-order chi connectivity index (χ1) is 12.6. The number of carbonyl (C=O) groups is 1. The number of anilines is 2. The van der Waals surface area contributed by atoms with Gasteiger partial charge >= 0.3 is 0 Å². The Morgan fingerprint density at radius 2 is 1.81 bits per heavy atom. The van der Waals surface area contributed by atoms with Crippen molar-refractivity contribution in [2.24, 2.45) is 0 Å². The van der Waals surface area contributed by atoms with Crippen molar-refractivity contribution in [1.82, 2.24) is 4.90 Å². The number of carbonyl (C=O) groups excluding carboxylic acids is 1. The first kappa shape index (κ1) is 18.2. The average molecular weight is 357 g/mol. The number of halogens is 1. The summed E-state index contributed by atoms with van der Waals surface area (Å²) in [5.41, 5.74) is 1.74. The second-order valence-electron chi connectivity index (χ2n) is 6.40. The Bertz CT molecular complexity index is 743. The van der Waals surface area contributed by atoms with Crippen LogP contribution < -0.4 is 15.0 Å². The first-order valence-corrected chi connectivity index (χ1v) is 8.76. The van der Waals surface area contributed by atoms with Gasteiger partial charge in [-0.25, -0.2) is 4.39 Å². The molecule has 3 rings (SSSR count). The molecule has 0 aromatic heterocycles. The highest BCUT2D eigenvalue weighted by atomic mass is 19.1. The molecule has 1 N–H and O–H groups in total. The van der Waals surface area contributed by atoms with E-state index in [1.165, 1.54) is 12.1 Å². The van der Waals surface area contributed by atoms with E-state index in [1.54, 1.807) is 25.3 Å². The second-order valence-corrected chi connectivity index (χ2v) is 6.40. The average Bonchev–Trinajstić information content (AvgIpc) is 2.68. The molecular formula is C20H24FN3O2. The van der Waals surface area contributed by atoms with Crippen molar-refractivity contribution < 1.29 is 13.9 Å². The fourth-order valence-electron chi connectivity index (χ4n) is 3.13. The van der Waals surface area contributed by atoms with Gasteiger partial charge in [-0.3, -0.25) is 9.69 Å². The molecule has 2 aromatic carbocycles. The zero-order chi connectivity index (χ0) is 18.5. The fraction of sp³-hybridized carbons (Fsp3) is 0.350. The molecule has 1 heterocycles. The Morgan fingerprint density at radius 3 is 2.46 bits per heavy atom. The summed E-state index contributed by atoms with van der Waals surface area (Å²) in [5.74, 6) is 0.451. The van der Waals surface area contributed by atoms with Crippen molar-refractivity contribution in [3.05, 3.63) is 54.3 Å². The number of nitrogens with one attached hydrogen (secondary N) is 1. The van der Waals surface area contributed by atoms with Gasteiger partial charge in [0.2, 0.25) is 5.91 Å². The number of hydrogen-bond donors (Lipinski definition) is 1. The Kier molecular flexibility index (Phi) is 5.73. The number of methoxy groups -OCH3 is 1. The number of ether oxygens (including phenoxy) is 1. The molecule has 1 aliphatic rings. The normalized spacial score (nSPS) is 16.2. The third-order valence-electron chi connectivity index (χ3n) is 4.77. The molecule has 6 heteroatoms. The number of piperazine rings is 1. The van der Waals surface area contributed by atoms with Crippen LogP contribution in [0.15, 0.2) is 48.5 Å². The molecule has 26 heavy (non-hydrogen) atoms. The third-order valence-corrected chi connectivity index (χ3v) is 4.77. The van der Waals surface area contributed by atoms with Crippen LogP contribution >= 0.6 is 0 Å². The van der Waals surface area contributed by atoms with Crippen LogP contribution in [0.3, 0.4) is 0 Å². The lowest BCUT2D eigenvalue weighted by Gasteiger charge is -2.38. The molecular weight excluding hydrogens is 333 g/mol. The van der Waals surface area contributed by atoms with Crippen molar-refractivity contribution in [1.29, 1.82) is 0 Å². The molecule has 2 aromatic rings. The minimum Gasteiger partial charge on any atom is -0.497 e. The Morgan fingerprint density at radius 1 is 1.12 bits per heavy atom. The molecule has 0 spiro atoms. The summed E-state index contributed by atoms with van der Waals surface area (Å²) in [6.07, 6.45) is 0. The molecule has 138 valence electrons. The van der Waals surface area contributed by atoms with E-state index in [-0.39, 0.29) is 17.8 Å². The second kappa shape index (κ2) is 8.19. The quantitative estimate of drug-likeness (QED) is 0.894. The number of hydrogen-bond acceptors (Lipinski definition) is 4. The molecule has 0 aliphatic carbocycles. The molecule has 0 saturated carbocycles. The van der Waals surface area contributed by atoms with Crippen LogP contribution in [0, 0.1) is 5.82 Å². The van der Waals surface area contributed by atoms with Crippen molar-refractivity contribution in [2.45, 2.75) is 13.0 Å². The zero-order valence-electron chi connectivity index (χ0n) is 15.1. The van der Waals surface area contributed by atoms with Crippen LogP contribution in [-0.4, -0.2) is 50.1 Å². The van der Waals surface area contributed by atoms with Gasteiger partial charge in [-0.2, -0.15) is 0 Å². The van der Waals surface area contributed by atoms with Crippen molar-refractivity contribution in [3.8, 4) is 5.75 Å². The smallest absolute Gasteiger partial charge is 0.241 e. The van der Waals surface area contributed by atoms with E-state index in [4.69, 9.17) is 4.74 Å². The van der Waals surface area contributed by atoms with E-state index >= 15 is 0 Å². The van der Waals surface area contributed by atoms with Crippen molar-refractivity contribution in [3.63, 3.8) is 0 Å².